The fourth-order valence-corrected chi connectivity index (χ4v) is 2.20. The first-order valence-corrected chi connectivity index (χ1v) is 8.54. The number of ether oxygens (including phenoxy) is 3. The van der Waals surface area contributed by atoms with Crippen LogP contribution in [0.15, 0.2) is 47.6 Å². The summed E-state index contributed by atoms with van der Waals surface area (Å²) in [6.45, 7) is 1.19. The molecule has 2 aromatic rings. The fraction of sp³-hybridized carbons (Fsp3) is 0.211. The zero-order valence-electron chi connectivity index (χ0n) is 15.2. The van der Waals surface area contributed by atoms with Crippen molar-refractivity contribution in [2.75, 3.05) is 13.7 Å². The number of methoxy groups -OCH3 is 1. The molecule has 0 bridgehead atoms. The maximum Gasteiger partial charge on any atom is 0.344 e. The van der Waals surface area contributed by atoms with Gasteiger partial charge in [-0.3, -0.25) is 4.79 Å². The molecule has 2 aromatic carbocycles. The minimum atomic E-state index is -1.09. The maximum absolute atomic E-state index is 11.8. The monoisotopic (exact) mass is 406 g/mol. The van der Waals surface area contributed by atoms with E-state index in [-0.39, 0.29) is 12.4 Å². The van der Waals surface area contributed by atoms with Crippen molar-refractivity contribution in [2.45, 2.75) is 13.0 Å². The topological polar surface area (TPSA) is 106 Å². The fourth-order valence-electron chi connectivity index (χ4n) is 2.02. The van der Waals surface area contributed by atoms with Crippen molar-refractivity contribution in [3.05, 3.63) is 53.1 Å². The van der Waals surface area contributed by atoms with Crippen LogP contribution in [0.25, 0.3) is 0 Å². The second-order valence-corrected chi connectivity index (χ2v) is 5.98. The van der Waals surface area contributed by atoms with Gasteiger partial charge in [0.2, 0.25) is 0 Å². The van der Waals surface area contributed by atoms with Crippen LogP contribution >= 0.6 is 11.6 Å². The van der Waals surface area contributed by atoms with E-state index in [1.54, 1.807) is 42.5 Å². The molecule has 0 radical (unpaired) electrons. The SMILES string of the molecule is COc1cc(/C=N/NC(=O)COc2cccc(Cl)c2)ccc1O[C@@H](C)C(=O)O. The Kier molecular flexibility index (Phi) is 7.65. The quantitative estimate of drug-likeness (QED) is 0.490. The third kappa shape index (κ3) is 6.48. The van der Waals surface area contributed by atoms with E-state index in [1.807, 2.05) is 0 Å². The molecule has 2 rings (SSSR count). The molecule has 0 fully saturated rings. The van der Waals surface area contributed by atoms with Crippen molar-refractivity contribution in [3.63, 3.8) is 0 Å². The lowest BCUT2D eigenvalue weighted by Gasteiger charge is -2.14. The highest BCUT2D eigenvalue weighted by Crippen LogP contribution is 2.28. The van der Waals surface area contributed by atoms with E-state index in [4.69, 9.17) is 30.9 Å². The highest BCUT2D eigenvalue weighted by atomic mass is 35.5. The molecule has 8 nitrogen and oxygen atoms in total. The number of halogens is 1. The van der Waals surface area contributed by atoms with Gasteiger partial charge in [0.05, 0.1) is 13.3 Å². The summed E-state index contributed by atoms with van der Waals surface area (Å²) in [7, 11) is 1.43. The largest absolute Gasteiger partial charge is 0.493 e. The zero-order valence-corrected chi connectivity index (χ0v) is 16.0. The Morgan fingerprint density at radius 3 is 2.71 bits per heavy atom. The molecular weight excluding hydrogens is 388 g/mol. The number of nitrogens with one attached hydrogen (secondary N) is 1. The van der Waals surface area contributed by atoms with Crippen LogP contribution in [0.1, 0.15) is 12.5 Å². The second kappa shape index (κ2) is 10.2. The van der Waals surface area contributed by atoms with E-state index >= 15 is 0 Å². The Bertz CT molecular complexity index is 871. The molecule has 2 N–H and O–H groups in total. The van der Waals surface area contributed by atoms with Gasteiger partial charge < -0.3 is 19.3 Å². The zero-order chi connectivity index (χ0) is 20.5. The first kappa shape index (κ1) is 21.0. The van der Waals surface area contributed by atoms with Crippen LogP contribution in [0.3, 0.4) is 0 Å². The van der Waals surface area contributed by atoms with Gasteiger partial charge in [-0.15, -0.1) is 0 Å². The number of amides is 1. The minimum absolute atomic E-state index is 0.221. The molecule has 0 aliphatic heterocycles. The number of rotatable bonds is 9. The number of aliphatic carboxylic acids is 1. The van der Waals surface area contributed by atoms with E-state index in [1.165, 1.54) is 20.2 Å². The lowest BCUT2D eigenvalue weighted by molar-refractivity contribution is -0.144. The Labute approximate surface area is 166 Å². The molecule has 0 aliphatic carbocycles. The molecule has 1 amide bonds. The van der Waals surface area contributed by atoms with Gasteiger partial charge in [0.1, 0.15) is 5.75 Å². The van der Waals surface area contributed by atoms with Crippen LogP contribution in [-0.4, -0.2) is 43.0 Å². The molecular formula is C19H19ClN2O6. The van der Waals surface area contributed by atoms with Crippen LogP contribution in [0.5, 0.6) is 17.2 Å². The summed E-state index contributed by atoms with van der Waals surface area (Å²) >= 11 is 5.84. The van der Waals surface area contributed by atoms with Crippen molar-refractivity contribution in [2.24, 2.45) is 5.10 Å². The number of hydrogen-bond donors (Lipinski definition) is 2. The molecule has 0 saturated carbocycles. The van der Waals surface area contributed by atoms with Crippen LogP contribution in [0, 0.1) is 0 Å². The molecule has 28 heavy (non-hydrogen) atoms. The number of hydrazone groups is 1. The minimum Gasteiger partial charge on any atom is -0.493 e. The van der Waals surface area contributed by atoms with Gasteiger partial charge >= 0.3 is 5.97 Å². The van der Waals surface area contributed by atoms with Gasteiger partial charge in [-0.1, -0.05) is 17.7 Å². The number of carboxylic acids is 1. The van der Waals surface area contributed by atoms with E-state index in [0.717, 1.165) is 0 Å². The van der Waals surface area contributed by atoms with Crippen LogP contribution in [-0.2, 0) is 9.59 Å². The smallest absolute Gasteiger partial charge is 0.344 e. The number of nitrogens with zero attached hydrogens (tertiary/aromatic N) is 1. The number of hydrogen-bond acceptors (Lipinski definition) is 6. The molecule has 0 spiro atoms. The summed E-state index contributed by atoms with van der Waals surface area (Å²) in [4.78, 5) is 22.7. The van der Waals surface area contributed by atoms with Crippen molar-refractivity contribution >= 4 is 29.7 Å². The normalized spacial score (nSPS) is 11.7. The Balaban J connectivity index is 1.90. The van der Waals surface area contributed by atoms with E-state index in [0.29, 0.717) is 22.1 Å². The first-order valence-electron chi connectivity index (χ1n) is 8.17. The van der Waals surface area contributed by atoms with Gasteiger partial charge in [0.25, 0.3) is 5.91 Å². The van der Waals surface area contributed by atoms with Crippen molar-refractivity contribution in [1.29, 1.82) is 0 Å². The lowest BCUT2D eigenvalue weighted by atomic mass is 10.2. The average molecular weight is 407 g/mol. The number of carboxylic acid groups (broad SMARTS) is 1. The summed E-state index contributed by atoms with van der Waals surface area (Å²) in [5.74, 6) is -0.433. The van der Waals surface area contributed by atoms with E-state index in [2.05, 4.69) is 10.5 Å². The molecule has 0 aromatic heterocycles. The number of carbonyl (C=O) groups is 2. The van der Waals surface area contributed by atoms with E-state index in [9.17, 15) is 9.59 Å². The average Bonchev–Trinajstić information content (AvgIpc) is 2.67. The van der Waals surface area contributed by atoms with Crippen LogP contribution in [0.4, 0.5) is 0 Å². The van der Waals surface area contributed by atoms with Gasteiger partial charge in [-0.05, 0) is 48.9 Å². The van der Waals surface area contributed by atoms with Crippen molar-refractivity contribution in [3.8, 4) is 17.2 Å². The second-order valence-electron chi connectivity index (χ2n) is 5.55. The molecule has 0 unspecified atom stereocenters. The third-order valence-corrected chi connectivity index (χ3v) is 3.64. The van der Waals surface area contributed by atoms with Crippen LogP contribution in [0.2, 0.25) is 5.02 Å². The number of carbonyl (C=O) groups excluding carboxylic acids is 1. The molecule has 148 valence electrons. The predicted octanol–water partition coefficient (Wildman–Crippen LogP) is 2.73. The highest BCUT2D eigenvalue weighted by Gasteiger charge is 2.15. The highest BCUT2D eigenvalue weighted by molar-refractivity contribution is 6.30. The van der Waals surface area contributed by atoms with Gasteiger partial charge in [-0.25, -0.2) is 10.2 Å². The Hall–Kier alpha value is -3.26. The lowest BCUT2D eigenvalue weighted by Crippen LogP contribution is -2.24. The molecule has 0 saturated heterocycles. The molecule has 9 heteroatoms. The first-order chi connectivity index (χ1) is 13.4. The maximum atomic E-state index is 11.8. The summed E-state index contributed by atoms with van der Waals surface area (Å²) < 4.78 is 15.8. The van der Waals surface area contributed by atoms with Gasteiger partial charge in [0, 0.05) is 5.02 Å². The van der Waals surface area contributed by atoms with Crippen LogP contribution < -0.4 is 19.6 Å². The summed E-state index contributed by atoms with van der Waals surface area (Å²) in [5, 5.41) is 13.3. The summed E-state index contributed by atoms with van der Waals surface area (Å²) in [5.41, 5.74) is 2.95. The predicted molar refractivity (Wildman–Crippen MR) is 103 cm³/mol. The third-order valence-electron chi connectivity index (χ3n) is 3.41. The molecule has 0 aliphatic rings. The summed E-state index contributed by atoms with van der Waals surface area (Å²) in [6.07, 6.45) is 0.386. The van der Waals surface area contributed by atoms with Gasteiger partial charge in [-0.2, -0.15) is 5.10 Å². The van der Waals surface area contributed by atoms with Crippen molar-refractivity contribution < 1.29 is 28.9 Å². The number of benzene rings is 2. The molecule has 1 atom stereocenters. The summed E-state index contributed by atoms with van der Waals surface area (Å²) in [6, 6.07) is 11.5. The standard InChI is InChI=1S/C19H19ClN2O6/c1-12(19(24)25)28-16-7-6-13(8-17(16)26-2)10-21-22-18(23)11-27-15-5-3-4-14(20)9-15/h3-10,12H,11H2,1-2H3,(H,22,23)(H,24,25)/b21-10+/t12-/m0/s1. The Morgan fingerprint density at radius 1 is 1.25 bits per heavy atom. The molecule has 0 heterocycles. The van der Waals surface area contributed by atoms with Crippen molar-refractivity contribution in [1.82, 2.24) is 5.43 Å². The Morgan fingerprint density at radius 2 is 2.04 bits per heavy atom. The van der Waals surface area contributed by atoms with Gasteiger partial charge in [0.15, 0.2) is 24.2 Å². The van der Waals surface area contributed by atoms with E-state index < -0.39 is 18.0 Å².